The predicted octanol–water partition coefficient (Wildman–Crippen LogP) is 0.197. The summed E-state index contributed by atoms with van der Waals surface area (Å²) in [5.74, 6) is 0.288. The van der Waals surface area contributed by atoms with E-state index in [0.29, 0.717) is 12.5 Å². The van der Waals surface area contributed by atoms with E-state index in [1.54, 1.807) is 0 Å². The molecule has 5 nitrogen and oxygen atoms in total. The first-order valence-electron chi connectivity index (χ1n) is 5.65. The van der Waals surface area contributed by atoms with E-state index in [2.05, 4.69) is 22.3 Å². The van der Waals surface area contributed by atoms with Crippen molar-refractivity contribution in [3.63, 3.8) is 0 Å². The van der Waals surface area contributed by atoms with Crippen molar-refractivity contribution in [2.45, 2.75) is 32.2 Å². The molecule has 1 atom stereocenters. The monoisotopic (exact) mass is 214 g/mol. The average molecular weight is 214 g/mol. The molecule has 1 rings (SSSR count). The third-order valence-electron chi connectivity index (χ3n) is 2.89. The van der Waals surface area contributed by atoms with Crippen molar-refractivity contribution in [3.8, 4) is 0 Å². The molecule has 1 saturated heterocycles. The molecule has 1 fully saturated rings. The first kappa shape index (κ1) is 12.3. The Balaban J connectivity index is 2.04. The highest BCUT2D eigenvalue weighted by Crippen LogP contribution is 2.10. The molecule has 5 heteroatoms. The normalized spacial score (nSPS) is 20.7. The number of nitrogens with two attached hydrogens (primary N) is 1. The first-order valence-corrected chi connectivity index (χ1v) is 5.65. The second kappa shape index (κ2) is 6.63. The van der Waals surface area contributed by atoms with Gasteiger partial charge in [0.15, 0.2) is 0 Å². The van der Waals surface area contributed by atoms with Crippen LogP contribution < -0.4 is 11.1 Å². The van der Waals surface area contributed by atoms with Crippen molar-refractivity contribution >= 4 is 5.84 Å². The molecule has 1 unspecified atom stereocenters. The Bertz CT molecular complexity index is 202. The van der Waals surface area contributed by atoms with Crippen LogP contribution in [0.5, 0.6) is 0 Å². The second-order valence-corrected chi connectivity index (χ2v) is 4.14. The van der Waals surface area contributed by atoms with E-state index >= 15 is 0 Å². The van der Waals surface area contributed by atoms with E-state index in [1.807, 2.05) is 0 Å². The van der Waals surface area contributed by atoms with Gasteiger partial charge in [-0.3, -0.25) is 4.90 Å². The largest absolute Gasteiger partial charge is 0.409 e. The standard InChI is InChI=1S/C10H22N4O/c1-9(14-6-2-3-7-14)8-12-5-4-10(11)13-15/h9,12,15H,2-8H2,1H3,(H2,11,13). The van der Waals surface area contributed by atoms with E-state index in [9.17, 15) is 0 Å². The van der Waals surface area contributed by atoms with Crippen LogP contribution in [0.25, 0.3) is 0 Å². The minimum atomic E-state index is 0.288. The fraction of sp³-hybridized carbons (Fsp3) is 0.900. The lowest BCUT2D eigenvalue weighted by molar-refractivity contribution is 0.252. The number of hydrogen-bond acceptors (Lipinski definition) is 4. The molecule has 0 radical (unpaired) electrons. The Kier molecular flexibility index (Phi) is 5.42. The molecule has 0 amide bonds. The summed E-state index contributed by atoms with van der Waals surface area (Å²) in [6.45, 7) is 6.43. The van der Waals surface area contributed by atoms with Gasteiger partial charge in [-0.2, -0.15) is 0 Å². The van der Waals surface area contributed by atoms with Crippen molar-refractivity contribution < 1.29 is 5.21 Å². The topological polar surface area (TPSA) is 73.9 Å². The minimum Gasteiger partial charge on any atom is -0.409 e. The molecule has 0 aliphatic carbocycles. The van der Waals surface area contributed by atoms with Crippen LogP contribution in [0.3, 0.4) is 0 Å². The molecule has 1 aliphatic rings. The fourth-order valence-corrected chi connectivity index (χ4v) is 1.89. The van der Waals surface area contributed by atoms with Gasteiger partial charge < -0.3 is 16.3 Å². The van der Waals surface area contributed by atoms with Gasteiger partial charge in [-0.25, -0.2) is 0 Å². The molecule has 0 saturated carbocycles. The van der Waals surface area contributed by atoms with Crippen molar-refractivity contribution in [2.24, 2.45) is 10.9 Å². The maximum absolute atomic E-state index is 8.34. The lowest BCUT2D eigenvalue weighted by Gasteiger charge is -2.23. The Morgan fingerprint density at radius 2 is 2.20 bits per heavy atom. The Morgan fingerprint density at radius 1 is 1.53 bits per heavy atom. The lowest BCUT2D eigenvalue weighted by Crippen LogP contribution is -2.39. The highest BCUT2D eigenvalue weighted by atomic mass is 16.4. The number of hydrogen-bond donors (Lipinski definition) is 3. The Labute approximate surface area is 91.3 Å². The van der Waals surface area contributed by atoms with Gasteiger partial charge in [0.1, 0.15) is 5.84 Å². The van der Waals surface area contributed by atoms with Gasteiger partial charge in [0.05, 0.1) is 0 Å². The Morgan fingerprint density at radius 3 is 2.80 bits per heavy atom. The molecule has 0 bridgehead atoms. The van der Waals surface area contributed by atoms with Gasteiger partial charge >= 0.3 is 0 Å². The predicted molar refractivity (Wildman–Crippen MR) is 61.2 cm³/mol. The lowest BCUT2D eigenvalue weighted by atomic mass is 10.3. The summed E-state index contributed by atoms with van der Waals surface area (Å²) in [4.78, 5) is 2.50. The van der Waals surface area contributed by atoms with Gasteiger partial charge in [0.2, 0.25) is 0 Å². The van der Waals surface area contributed by atoms with Crippen molar-refractivity contribution in [2.75, 3.05) is 26.2 Å². The van der Waals surface area contributed by atoms with Crippen LogP contribution in [-0.4, -0.2) is 48.2 Å². The molecule has 1 aliphatic heterocycles. The maximum Gasteiger partial charge on any atom is 0.140 e. The third-order valence-corrected chi connectivity index (χ3v) is 2.89. The zero-order valence-electron chi connectivity index (χ0n) is 9.45. The van der Waals surface area contributed by atoms with Crippen molar-refractivity contribution in [3.05, 3.63) is 0 Å². The van der Waals surface area contributed by atoms with E-state index < -0.39 is 0 Å². The summed E-state index contributed by atoms with van der Waals surface area (Å²) in [6.07, 6.45) is 3.26. The highest BCUT2D eigenvalue weighted by Gasteiger charge is 2.16. The molecule has 0 aromatic rings. The maximum atomic E-state index is 8.34. The van der Waals surface area contributed by atoms with Gasteiger partial charge in [0.25, 0.3) is 0 Å². The zero-order valence-corrected chi connectivity index (χ0v) is 9.45. The van der Waals surface area contributed by atoms with Crippen LogP contribution in [0.4, 0.5) is 0 Å². The molecular weight excluding hydrogens is 192 g/mol. The van der Waals surface area contributed by atoms with Gasteiger partial charge in [0, 0.05) is 25.6 Å². The van der Waals surface area contributed by atoms with Crippen LogP contribution in [0.15, 0.2) is 5.16 Å². The summed E-state index contributed by atoms with van der Waals surface area (Å²) in [5, 5.41) is 14.6. The summed E-state index contributed by atoms with van der Waals surface area (Å²) >= 11 is 0. The van der Waals surface area contributed by atoms with Gasteiger partial charge in [-0.15, -0.1) is 0 Å². The quantitative estimate of drug-likeness (QED) is 0.194. The summed E-state index contributed by atoms with van der Waals surface area (Å²) < 4.78 is 0. The van der Waals surface area contributed by atoms with Crippen LogP contribution in [0.2, 0.25) is 0 Å². The van der Waals surface area contributed by atoms with Crippen molar-refractivity contribution in [1.29, 1.82) is 0 Å². The molecule has 1 heterocycles. The summed E-state index contributed by atoms with van der Waals surface area (Å²) in [7, 11) is 0. The Hall–Kier alpha value is -0.810. The second-order valence-electron chi connectivity index (χ2n) is 4.14. The number of rotatable bonds is 6. The van der Waals surface area contributed by atoms with E-state index in [4.69, 9.17) is 10.9 Å². The number of nitrogens with one attached hydrogen (secondary N) is 1. The number of likely N-dealkylation sites (tertiary alicyclic amines) is 1. The SMILES string of the molecule is CC(CNCCC(N)=NO)N1CCCC1. The third kappa shape index (κ3) is 4.48. The van der Waals surface area contributed by atoms with E-state index in [0.717, 1.165) is 13.1 Å². The van der Waals surface area contributed by atoms with Crippen LogP contribution in [0, 0.1) is 0 Å². The molecular formula is C10H22N4O. The van der Waals surface area contributed by atoms with Crippen LogP contribution in [0.1, 0.15) is 26.2 Å². The smallest absolute Gasteiger partial charge is 0.140 e. The number of amidine groups is 1. The molecule has 0 aromatic heterocycles. The van der Waals surface area contributed by atoms with Gasteiger partial charge in [-0.05, 0) is 32.9 Å². The van der Waals surface area contributed by atoms with Gasteiger partial charge in [-0.1, -0.05) is 5.16 Å². The van der Waals surface area contributed by atoms with E-state index in [-0.39, 0.29) is 5.84 Å². The minimum absolute atomic E-state index is 0.288. The van der Waals surface area contributed by atoms with Crippen LogP contribution >= 0.6 is 0 Å². The molecule has 0 aromatic carbocycles. The van der Waals surface area contributed by atoms with Crippen LogP contribution in [-0.2, 0) is 0 Å². The van der Waals surface area contributed by atoms with Crippen molar-refractivity contribution in [1.82, 2.24) is 10.2 Å². The highest BCUT2D eigenvalue weighted by molar-refractivity contribution is 5.79. The molecule has 0 spiro atoms. The first-order chi connectivity index (χ1) is 7.24. The average Bonchev–Trinajstić information content (AvgIpc) is 2.77. The van der Waals surface area contributed by atoms with E-state index in [1.165, 1.54) is 25.9 Å². The molecule has 15 heavy (non-hydrogen) atoms. The molecule has 4 N–H and O–H groups in total. The zero-order chi connectivity index (χ0) is 11.1. The number of nitrogens with zero attached hydrogens (tertiary/aromatic N) is 2. The fourth-order valence-electron chi connectivity index (χ4n) is 1.89. The number of oxime groups is 1. The summed E-state index contributed by atoms with van der Waals surface area (Å²) in [5.41, 5.74) is 5.36. The summed E-state index contributed by atoms with van der Waals surface area (Å²) in [6, 6.07) is 0.583. The molecule has 88 valence electrons.